The highest BCUT2D eigenvalue weighted by atomic mass is 32.2. The van der Waals surface area contributed by atoms with Gasteiger partial charge in [-0.25, -0.2) is 4.79 Å². The summed E-state index contributed by atoms with van der Waals surface area (Å²) in [5.41, 5.74) is 1.25. The largest absolute Gasteiger partial charge is 0.493 e. The van der Waals surface area contributed by atoms with Gasteiger partial charge in [0, 0.05) is 25.4 Å². The smallest absolute Gasteiger partial charge is 0.317 e. The highest BCUT2D eigenvalue weighted by Crippen LogP contribution is 2.30. The third-order valence-corrected chi connectivity index (χ3v) is 5.64. The van der Waals surface area contributed by atoms with Crippen molar-refractivity contribution in [3.05, 3.63) is 42.0 Å². The van der Waals surface area contributed by atoms with Gasteiger partial charge in [0.25, 0.3) is 0 Å². The number of aldehydes is 1. The number of ether oxygens (including phenoxy) is 1. The molecule has 1 aromatic rings. The normalized spacial score (nSPS) is 14.6. The summed E-state index contributed by atoms with van der Waals surface area (Å²) in [6, 6.07) is 8.42. The number of allylic oxidation sites excluding steroid dienone is 1. The van der Waals surface area contributed by atoms with Gasteiger partial charge in [-0.1, -0.05) is 43.2 Å². The van der Waals surface area contributed by atoms with Gasteiger partial charge in [0.05, 0.1) is 13.2 Å². The molecule has 6 nitrogen and oxygen atoms in total. The highest BCUT2D eigenvalue weighted by molar-refractivity contribution is 7.97. The van der Waals surface area contributed by atoms with Gasteiger partial charge in [-0.2, -0.15) is 0 Å². The Morgan fingerprint density at radius 1 is 1.34 bits per heavy atom. The third kappa shape index (κ3) is 8.92. The van der Waals surface area contributed by atoms with E-state index in [9.17, 15) is 9.59 Å². The molecule has 0 radical (unpaired) electrons. The lowest BCUT2D eigenvalue weighted by molar-refractivity contribution is -0.108. The Kier molecular flexibility index (Phi) is 10.7. The monoisotopic (exact) mass is 419 g/mol. The fourth-order valence-electron chi connectivity index (χ4n) is 2.80. The highest BCUT2D eigenvalue weighted by Gasteiger charge is 2.22. The molecule has 0 saturated heterocycles. The fourth-order valence-corrected chi connectivity index (χ4v) is 3.68. The van der Waals surface area contributed by atoms with Crippen molar-refractivity contribution in [3.63, 3.8) is 0 Å². The molecule has 0 bridgehead atoms. The first-order valence-electron chi connectivity index (χ1n) is 10.3. The van der Waals surface area contributed by atoms with E-state index in [1.54, 1.807) is 19.0 Å². The van der Waals surface area contributed by atoms with Crippen LogP contribution in [-0.4, -0.2) is 49.7 Å². The molecule has 1 aliphatic carbocycles. The average molecular weight is 420 g/mol. The standard InChI is InChI=1S/C22H33N3O3S/c1-3-21(19-8-7-9-20(16-19)28-17-18-10-11-18)24-29-15-6-4-5-12-25(13-14-26)22(27)23-2/h4-5,7-9,14,16,18,21,24H,3,6,10-13,15,17H2,1-2H3,(H,23,27)/b5-4+. The topological polar surface area (TPSA) is 70.7 Å². The first-order valence-corrected chi connectivity index (χ1v) is 11.3. The predicted molar refractivity (Wildman–Crippen MR) is 119 cm³/mol. The molecule has 1 saturated carbocycles. The number of hydrogen-bond donors (Lipinski definition) is 2. The summed E-state index contributed by atoms with van der Waals surface area (Å²) in [5.74, 6) is 2.64. The van der Waals surface area contributed by atoms with E-state index in [0.717, 1.165) is 43.2 Å². The summed E-state index contributed by atoms with van der Waals surface area (Å²) in [6.07, 6.45) is 9.19. The molecule has 1 atom stereocenters. The van der Waals surface area contributed by atoms with Crippen LogP contribution in [0.5, 0.6) is 5.75 Å². The molecule has 0 spiro atoms. The average Bonchev–Trinajstić information content (AvgIpc) is 3.57. The number of rotatable bonds is 14. The minimum Gasteiger partial charge on any atom is -0.493 e. The Morgan fingerprint density at radius 2 is 2.17 bits per heavy atom. The van der Waals surface area contributed by atoms with E-state index in [2.05, 4.69) is 35.2 Å². The molecule has 1 aromatic carbocycles. The first-order chi connectivity index (χ1) is 14.2. The van der Waals surface area contributed by atoms with Crippen LogP contribution < -0.4 is 14.8 Å². The van der Waals surface area contributed by atoms with Crippen LogP contribution in [-0.2, 0) is 4.79 Å². The Bertz CT molecular complexity index is 664. The van der Waals surface area contributed by atoms with Crippen molar-refractivity contribution in [2.24, 2.45) is 5.92 Å². The summed E-state index contributed by atoms with van der Waals surface area (Å²) in [7, 11) is 1.56. The van der Waals surface area contributed by atoms with E-state index < -0.39 is 0 Å². The second-order valence-electron chi connectivity index (χ2n) is 7.14. The van der Waals surface area contributed by atoms with Crippen LogP contribution in [0.2, 0.25) is 0 Å². The molecule has 0 heterocycles. The second-order valence-corrected chi connectivity index (χ2v) is 8.07. The Morgan fingerprint density at radius 3 is 2.86 bits per heavy atom. The maximum absolute atomic E-state index is 11.6. The molecule has 29 heavy (non-hydrogen) atoms. The van der Waals surface area contributed by atoms with Gasteiger partial charge in [-0.05, 0) is 49.3 Å². The molecule has 0 aromatic heterocycles. The van der Waals surface area contributed by atoms with E-state index in [0.29, 0.717) is 6.54 Å². The third-order valence-electron chi connectivity index (χ3n) is 4.75. The molecule has 7 heteroatoms. The maximum Gasteiger partial charge on any atom is 0.317 e. The zero-order valence-corrected chi connectivity index (χ0v) is 18.2. The zero-order valence-electron chi connectivity index (χ0n) is 17.4. The molecule has 1 unspecified atom stereocenters. The van der Waals surface area contributed by atoms with Crippen LogP contribution >= 0.6 is 11.9 Å². The number of amides is 2. The number of hydrogen-bond acceptors (Lipinski definition) is 5. The van der Waals surface area contributed by atoms with Gasteiger partial charge in [-0.15, -0.1) is 0 Å². The van der Waals surface area contributed by atoms with Gasteiger partial charge in [0.2, 0.25) is 0 Å². The van der Waals surface area contributed by atoms with Crippen molar-refractivity contribution in [2.45, 2.75) is 38.6 Å². The summed E-state index contributed by atoms with van der Waals surface area (Å²) >= 11 is 1.70. The van der Waals surface area contributed by atoms with Crippen molar-refractivity contribution in [1.29, 1.82) is 0 Å². The van der Waals surface area contributed by atoms with Gasteiger partial charge >= 0.3 is 6.03 Å². The minimum atomic E-state index is -0.244. The van der Waals surface area contributed by atoms with E-state index in [1.807, 2.05) is 18.2 Å². The number of carbonyl (C=O) groups excluding carboxylic acids is 2. The van der Waals surface area contributed by atoms with Crippen molar-refractivity contribution in [3.8, 4) is 5.75 Å². The number of nitrogens with one attached hydrogen (secondary N) is 2. The number of carbonyl (C=O) groups is 2. The molecule has 2 rings (SSSR count). The Hall–Kier alpha value is -1.99. The van der Waals surface area contributed by atoms with E-state index in [4.69, 9.17) is 4.74 Å². The number of urea groups is 1. The molecule has 0 aliphatic heterocycles. The van der Waals surface area contributed by atoms with Crippen molar-refractivity contribution in [2.75, 3.05) is 32.5 Å². The van der Waals surface area contributed by atoms with Crippen LogP contribution in [0.15, 0.2) is 36.4 Å². The molecular weight excluding hydrogens is 386 g/mol. The predicted octanol–water partition coefficient (Wildman–Crippen LogP) is 3.95. The fraction of sp³-hybridized carbons (Fsp3) is 0.545. The number of nitrogens with zero attached hydrogens (tertiary/aromatic N) is 1. The van der Waals surface area contributed by atoms with Gasteiger partial charge in [0.1, 0.15) is 12.0 Å². The maximum atomic E-state index is 11.6. The lowest BCUT2D eigenvalue weighted by atomic mass is 10.1. The Balaban J connectivity index is 1.69. The SMILES string of the molecule is CCC(NSCC/C=C/CN(CC=O)C(=O)NC)c1cccc(OCC2CC2)c1. The lowest BCUT2D eigenvalue weighted by Gasteiger charge is -2.18. The van der Waals surface area contributed by atoms with Crippen molar-refractivity contribution < 1.29 is 14.3 Å². The molecule has 1 aliphatic rings. The molecular formula is C22H33N3O3S. The minimum absolute atomic E-state index is 0.0991. The van der Waals surface area contributed by atoms with Crippen LogP contribution in [0.3, 0.4) is 0 Å². The van der Waals surface area contributed by atoms with Gasteiger partial charge in [-0.3, -0.25) is 4.72 Å². The van der Waals surface area contributed by atoms with Gasteiger partial charge in [0.15, 0.2) is 0 Å². The summed E-state index contributed by atoms with van der Waals surface area (Å²) in [5, 5.41) is 2.54. The molecule has 160 valence electrons. The Labute approximate surface area is 178 Å². The second kappa shape index (κ2) is 13.3. The van der Waals surface area contributed by atoms with Crippen LogP contribution in [0.4, 0.5) is 4.79 Å². The van der Waals surface area contributed by atoms with Crippen LogP contribution in [0, 0.1) is 5.92 Å². The molecule has 2 N–H and O–H groups in total. The van der Waals surface area contributed by atoms with Gasteiger partial charge < -0.3 is 19.7 Å². The first kappa shape index (κ1) is 23.3. The molecule has 2 amide bonds. The summed E-state index contributed by atoms with van der Waals surface area (Å²) in [4.78, 5) is 23.7. The zero-order chi connectivity index (χ0) is 20.9. The number of benzene rings is 1. The van der Waals surface area contributed by atoms with Crippen LogP contribution in [0.1, 0.15) is 44.2 Å². The molecule has 1 fully saturated rings. The van der Waals surface area contributed by atoms with E-state index in [1.165, 1.54) is 23.3 Å². The quantitative estimate of drug-likeness (QED) is 0.207. The van der Waals surface area contributed by atoms with Crippen molar-refractivity contribution >= 4 is 24.3 Å². The van der Waals surface area contributed by atoms with E-state index >= 15 is 0 Å². The van der Waals surface area contributed by atoms with Crippen molar-refractivity contribution in [1.82, 2.24) is 14.9 Å². The van der Waals surface area contributed by atoms with Crippen LogP contribution in [0.25, 0.3) is 0 Å². The summed E-state index contributed by atoms with van der Waals surface area (Å²) in [6.45, 7) is 3.54. The lowest BCUT2D eigenvalue weighted by Crippen LogP contribution is -2.39. The van der Waals surface area contributed by atoms with E-state index in [-0.39, 0.29) is 18.6 Å². The summed E-state index contributed by atoms with van der Waals surface area (Å²) < 4.78 is 9.44.